The van der Waals surface area contributed by atoms with E-state index in [2.05, 4.69) is 5.32 Å². The first-order valence-electron chi connectivity index (χ1n) is 9.48. The van der Waals surface area contributed by atoms with E-state index in [1.807, 2.05) is 30.3 Å². The summed E-state index contributed by atoms with van der Waals surface area (Å²) in [7, 11) is 0. The van der Waals surface area contributed by atoms with Gasteiger partial charge in [0.05, 0.1) is 18.7 Å². The second-order valence-corrected chi connectivity index (χ2v) is 7.07. The quantitative estimate of drug-likeness (QED) is 0.805. The maximum atomic E-state index is 13.5. The SMILES string of the molecule is CCC(=O)N1[C@H](CO)[C@H](c2ccc(-c3cccc(F)c3)cc2)[C@H]1CNC(C)=O. The van der Waals surface area contributed by atoms with Crippen molar-refractivity contribution >= 4 is 11.8 Å². The molecule has 2 aromatic rings. The minimum Gasteiger partial charge on any atom is -0.394 e. The first-order valence-corrected chi connectivity index (χ1v) is 9.48. The van der Waals surface area contributed by atoms with E-state index in [-0.39, 0.29) is 42.2 Å². The zero-order valence-corrected chi connectivity index (χ0v) is 16.1. The number of hydrogen-bond acceptors (Lipinski definition) is 3. The lowest BCUT2D eigenvalue weighted by Crippen LogP contribution is -2.68. The van der Waals surface area contributed by atoms with E-state index < -0.39 is 0 Å². The number of likely N-dealkylation sites (tertiary alicyclic amines) is 1. The molecule has 1 aliphatic rings. The third-order valence-corrected chi connectivity index (χ3v) is 5.33. The Kier molecular flexibility index (Phi) is 6.09. The number of aliphatic hydroxyl groups excluding tert-OH is 1. The number of amides is 2. The summed E-state index contributed by atoms with van der Waals surface area (Å²) < 4.78 is 13.5. The molecule has 0 saturated carbocycles. The summed E-state index contributed by atoms with van der Waals surface area (Å²) in [6, 6.07) is 13.6. The minimum absolute atomic E-state index is 0.0398. The molecule has 0 radical (unpaired) electrons. The van der Waals surface area contributed by atoms with Crippen molar-refractivity contribution < 1.29 is 19.1 Å². The maximum Gasteiger partial charge on any atom is 0.222 e. The molecular weight excluding hydrogens is 359 g/mol. The third-order valence-electron chi connectivity index (χ3n) is 5.33. The van der Waals surface area contributed by atoms with Crippen LogP contribution >= 0.6 is 0 Å². The number of nitrogens with one attached hydrogen (secondary N) is 1. The average Bonchev–Trinajstić information content (AvgIpc) is 2.67. The van der Waals surface area contributed by atoms with Crippen molar-refractivity contribution in [2.45, 2.75) is 38.3 Å². The molecule has 1 saturated heterocycles. The largest absolute Gasteiger partial charge is 0.394 e. The molecule has 0 aromatic heterocycles. The van der Waals surface area contributed by atoms with Gasteiger partial charge in [-0.3, -0.25) is 9.59 Å². The van der Waals surface area contributed by atoms with Gasteiger partial charge in [0.25, 0.3) is 0 Å². The minimum atomic E-state index is -0.314. The van der Waals surface area contributed by atoms with Gasteiger partial charge in [0.15, 0.2) is 0 Å². The van der Waals surface area contributed by atoms with Crippen molar-refractivity contribution in [1.29, 1.82) is 0 Å². The highest BCUT2D eigenvalue weighted by molar-refractivity contribution is 5.79. The van der Waals surface area contributed by atoms with Gasteiger partial charge in [-0.1, -0.05) is 43.3 Å². The molecule has 28 heavy (non-hydrogen) atoms. The molecular formula is C22H25FN2O3. The number of benzene rings is 2. The lowest BCUT2D eigenvalue weighted by molar-refractivity contribution is -0.150. The highest BCUT2D eigenvalue weighted by Gasteiger charge is 2.50. The van der Waals surface area contributed by atoms with E-state index in [0.29, 0.717) is 13.0 Å². The van der Waals surface area contributed by atoms with Crippen LogP contribution in [0.25, 0.3) is 11.1 Å². The zero-order chi connectivity index (χ0) is 20.3. The molecule has 5 nitrogen and oxygen atoms in total. The topological polar surface area (TPSA) is 69.6 Å². The van der Waals surface area contributed by atoms with Crippen molar-refractivity contribution in [3.05, 3.63) is 59.9 Å². The van der Waals surface area contributed by atoms with E-state index in [0.717, 1.165) is 16.7 Å². The molecule has 1 heterocycles. The molecule has 0 spiro atoms. The second kappa shape index (κ2) is 8.52. The average molecular weight is 384 g/mol. The highest BCUT2D eigenvalue weighted by Crippen LogP contribution is 2.41. The van der Waals surface area contributed by atoms with Crippen LogP contribution in [0.1, 0.15) is 31.7 Å². The molecule has 6 heteroatoms. The lowest BCUT2D eigenvalue weighted by atomic mass is 9.74. The van der Waals surface area contributed by atoms with Gasteiger partial charge >= 0.3 is 0 Å². The van der Waals surface area contributed by atoms with E-state index in [9.17, 15) is 19.1 Å². The van der Waals surface area contributed by atoms with Crippen LogP contribution in [0.2, 0.25) is 0 Å². The van der Waals surface area contributed by atoms with Gasteiger partial charge in [0, 0.05) is 25.8 Å². The Labute approximate surface area is 164 Å². The summed E-state index contributed by atoms with van der Waals surface area (Å²) in [5.41, 5.74) is 2.66. The molecule has 0 bridgehead atoms. The van der Waals surface area contributed by atoms with Crippen LogP contribution in [-0.2, 0) is 9.59 Å². The van der Waals surface area contributed by atoms with Gasteiger partial charge in [0.2, 0.25) is 11.8 Å². The molecule has 3 atom stereocenters. The van der Waals surface area contributed by atoms with Crippen molar-refractivity contribution in [3.8, 4) is 11.1 Å². The van der Waals surface area contributed by atoms with E-state index in [4.69, 9.17) is 0 Å². The molecule has 2 N–H and O–H groups in total. The molecule has 0 unspecified atom stereocenters. The van der Waals surface area contributed by atoms with Crippen LogP contribution in [0, 0.1) is 5.82 Å². The smallest absolute Gasteiger partial charge is 0.222 e. The van der Waals surface area contributed by atoms with Gasteiger partial charge in [-0.25, -0.2) is 4.39 Å². The Hall–Kier alpha value is -2.73. The van der Waals surface area contributed by atoms with Crippen molar-refractivity contribution in [1.82, 2.24) is 10.2 Å². The third kappa shape index (κ3) is 3.92. The normalized spacial score (nSPS) is 21.1. The number of carbonyl (C=O) groups is 2. The number of rotatable bonds is 6. The van der Waals surface area contributed by atoms with Gasteiger partial charge in [-0.2, -0.15) is 0 Å². The van der Waals surface area contributed by atoms with E-state index >= 15 is 0 Å². The van der Waals surface area contributed by atoms with Crippen LogP contribution in [0.3, 0.4) is 0 Å². The monoisotopic (exact) mass is 384 g/mol. The fraction of sp³-hybridized carbons (Fsp3) is 0.364. The Morgan fingerprint density at radius 3 is 2.39 bits per heavy atom. The molecule has 0 aliphatic carbocycles. The van der Waals surface area contributed by atoms with Crippen molar-refractivity contribution in [3.63, 3.8) is 0 Å². The summed E-state index contributed by atoms with van der Waals surface area (Å²) >= 11 is 0. The molecule has 1 aliphatic heterocycles. The first-order chi connectivity index (χ1) is 13.5. The number of hydrogen-bond donors (Lipinski definition) is 2. The number of carbonyl (C=O) groups excluding carboxylic acids is 2. The van der Waals surface area contributed by atoms with E-state index in [1.165, 1.54) is 19.1 Å². The first kappa shape index (κ1) is 20.0. The zero-order valence-electron chi connectivity index (χ0n) is 16.1. The Morgan fingerprint density at radius 2 is 1.82 bits per heavy atom. The van der Waals surface area contributed by atoms with Crippen LogP contribution in [0.5, 0.6) is 0 Å². The maximum absolute atomic E-state index is 13.5. The van der Waals surface area contributed by atoms with Crippen LogP contribution in [-0.4, -0.2) is 47.1 Å². The predicted octanol–water partition coefficient (Wildman–Crippen LogP) is 2.69. The summed E-state index contributed by atoms with van der Waals surface area (Å²) in [5.74, 6) is -0.558. The van der Waals surface area contributed by atoms with Crippen LogP contribution in [0.4, 0.5) is 4.39 Å². The number of aliphatic hydroxyl groups is 1. The molecule has 3 rings (SSSR count). The molecule has 148 valence electrons. The number of nitrogens with zero attached hydrogens (tertiary/aromatic N) is 1. The summed E-state index contributed by atoms with van der Waals surface area (Å²) in [6.45, 7) is 3.43. The van der Waals surface area contributed by atoms with Gasteiger partial charge in [-0.15, -0.1) is 0 Å². The van der Waals surface area contributed by atoms with Gasteiger partial charge in [0.1, 0.15) is 5.82 Å². The lowest BCUT2D eigenvalue weighted by Gasteiger charge is -2.55. The summed E-state index contributed by atoms with van der Waals surface area (Å²) in [5, 5.41) is 12.7. The van der Waals surface area contributed by atoms with E-state index in [1.54, 1.807) is 17.9 Å². The molecule has 1 fully saturated rings. The summed E-state index contributed by atoms with van der Waals surface area (Å²) in [4.78, 5) is 25.4. The van der Waals surface area contributed by atoms with Gasteiger partial charge in [-0.05, 0) is 28.8 Å². The van der Waals surface area contributed by atoms with Crippen molar-refractivity contribution in [2.75, 3.05) is 13.2 Å². The fourth-order valence-electron chi connectivity index (χ4n) is 3.98. The standard InChI is InChI=1S/C22H25FN2O3/c1-3-21(28)25-19(12-24-14(2)27)22(20(25)13-26)16-9-7-15(8-10-16)17-5-4-6-18(23)11-17/h4-11,19-20,22,26H,3,12-13H2,1-2H3,(H,24,27)/t19-,20-,22-/m1/s1. The Morgan fingerprint density at radius 1 is 1.11 bits per heavy atom. The Bertz CT molecular complexity index is 853. The molecule has 2 amide bonds. The fourth-order valence-corrected chi connectivity index (χ4v) is 3.98. The van der Waals surface area contributed by atoms with Crippen LogP contribution < -0.4 is 5.32 Å². The molecule has 2 aromatic carbocycles. The highest BCUT2D eigenvalue weighted by atomic mass is 19.1. The Balaban J connectivity index is 1.86. The van der Waals surface area contributed by atoms with Crippen molar-refractivity contribution in [2.24, 2.45) is 0 Å². The number of halogens is 1. The second-order valence-electron chi connectivity index (χ2n) is 7.07. The summed E-state index contributed by atoms with van der Waals surface area (Å²) in [6.07, 6.45) is 0.346. The predicted molar refractivity (Wildman–Crippen MR) is 105 cm³/mol. The van der Waals surface area contributed by atoms with Crippen LogP contribution in [0.15, 0.2) is 48.5 Å². The van der Waals surface area contributed by atoms with Gasteiger partial charge < -0.3 is 15.3 Å².